The lowest BCUT2D eigenvalue weighted by Crippen LogP contribution is -2.45. The van der Waals surface area contributed by atoms with E-state index in [1.165, 1.54) is 12.1 Å². The van der Waals surface area contributed by atoms with Crippen LogP contribution in [0.15, 0.2) is 18.2 Å². The van der Waals surface area contributed by atoms with E-state index < -0.39 is 6.10 Å². The van der Waals surface area contributed by atoms with E-state index in [2.05, 4.69) is 10.2 Å². The number of β-amino-alcohol motifs (C(OH)–C–C–N with tert-alkyl or cyclic N) is 1. The molecule has 2 N–H and O–H groups in total. The third-order valence-electron chi connectivity index (χ3n) is 3.43. The molecule has 1 heterocycles. The van der Waals surface area contributed by atoms with Crippen molar-refractivity contribution in [1.29, 1.82) is 0 Å². The third-order valence-corrected chi connectivity index (χ3v) is 3.43. The first-order valence-corrected chi connectivity index (χ1v) is 7.24. The number of ether oxygens (including phenoxy) is 1. The van der Waals surface area contributed by atoms with Crippen LogP contribution >= 0.6 is 0 Å². The van der Waals surface area contributed by atoms with Gasteiger partial charge in [-0.2, -0.15) is 0 Å². The van der Waals surface area contributed by atoms with Gasteiger partial charge in [-0.05, 0) is 24.6 Å². The highest BCUT2D eigenvalue weighted by molar-refractivity contribution is 5.36. The van der Waals surface area contributed by atoms with Crippen molar-refractivity contribution < 1.29 is 14.2 Å². The minimum atomic E-state index is -0.726. The van der Waals surface area contributed by atoms with Crippen LogP contribution in [-0.4, -0.2) is 49.3 Å². The number of nitrogens with one attached hydrogen (secondary N) is 1. The maximum Gasteiger partial charge on any atom is 0.125 e. The van der Waals surface area contributed by atoms with E-state index in [9.17, 15) is 9.50 Å². The number of hydrogen-bond donors (Lipinski definition) is 2. The molecule has 1 unspecified atom stereocenters. The molecule has 1 aliphatic rings. The maximum absolute atomic E-state index is 13.4. The number of benzene rings is 1. The van der Waals surface area contributed by atoms with Crippen LogP contribution in [0.3, 0.4) is 0 Å². The Morgan fingerprint density at radius 1 is 1.40 bits per heavy atom. The van der Waals surface area contributed by atoms with Crippen molar-refractivity contribution in [2.45, 2.75) is 19.4 Å². The second-order valence-electron chi connectivity index (χ2n) is 5.10. The van der Waals surface area contributed by atoms with Crippen molar-refractivity contribution in [3.63, 3.8) is 0 Å². The first-order valence-electron chi connectivity index (χ1n) is 7.24. The molecule has 1 fully saturated rings. The predicted octanol–water partition coefficient (Wildman–Crippen LogP) is 1.55. The molecule has 0 saturated carbocycles. The van der Waals surface area contributed by atoms with E-state index >= 15 is 0 Å². The maximum atomic E-state index is 13.4. The molecule has 20 heavy (non-hydrogen) atoms. The fourth-order valence-corrected chi connectivity index (χ4v) is 2.36. The third kappa shape index (κ3) is 4.16. The highest BCUT2D eigenvalue weighted by Gasteiger charge is 2.19. The summed E-state index contributed by atoms with van der Waals surface area (Å²) >= 11 is 0. The standard InChI is InChI=1S/C15H23FN2O2/c1-2-9-20-15-4-3-12(16)10-13(15)14(19)11-18-7-5-17-6-8-18/h3-4,10,14,17,19H,2,5-9,11H2,1H3. The van der Waals surface area contributed by atoms with Crippen LogP contribution in [0.5, 0.6) is 5.75 Å². The van der Waals surface area contributed by atoms with Gasteiger partial charge in [0.2, 0.25) is 0 Å². The number of hydrogen-bond acceptors (Lipinski definition) is 4. The minimum absolute atomic E-state index is 0.344. The van der Waals surface area contributed by atoms with Gasteiger partial charge in [0.25, 0.3) is 0 Å². The lowest BCUT2D eigenvalue weighted by atomic mass is 10.1. The second-order valence-corrected chi connectivity index (χ2v) is 5.10. The molecular weight excluding hydrogens is 259 g/mol. The zero-order valence-corrected chi connectivity index (χ0v) is 11.9. The average Bonchev–Trinajstić information content (AvgIpc) is 2.47. The van der Waals surface area contributed by atoms with Gasteiger partial charge < -0.3 is 15.2 Å². The van der Waals surface area contributed by atoms with E-state index in [1.807, 2.05) is 6.92 Å². The first-order chi connectivity index (χ1) is 9.70. The summed E-state index contributed by atoms with van der Waals surface area (Å²) in [7, 11) is 0. The molecule has 5 heteroatoms. The monoisotopic (exact) mass is 282 g/mol. The van der Waals surface area contributed by atoms with Crippen molar-refractivity contribution in [2.75, 3.05) is 39.3 Å². The van der Waals surface area contributed by atoms with Gasteiger partial charge >= 0.3 is 0 Å². The van der Waals surface area contributed by atoms with E-state index in [-0.39, 0.29) is 5.82 Å². The highest BCUT2D eigenvalue weighted by atomic mass is 19.1. The van der Waals surface area contributed by atoms with Crippen molar-refractivity contribution in [1.82, 2.24) is 10.2 Å². The van der Waals surface area contributed by atoms with Gasteiger partial charge in [0, 0.05) is 38.3 Å². The number of aliphatic hydroxyl groups excluding tert-OH is 1. The van der Waals surface area contributed by atoms with Crippen LogP contribution in [0.25, 0.3) is 0 Å². The molecule has 1 aromatic carbocycles. The van der Waals surface area contributed by atoms with Gasteiger partial charge in [-0.3, -0.25) is 4.90 Å². The van der Waals surface area contributed by atoms with Crippen LogP contribution in [-0.2, 0) is 0 Å². The molecule has 2 rings (SSSR count). The van der Waals surface area contributed by atoms with Crippen molar-refractivity contribution in [3.05, 3.63) is 29.6 Å². The summed E-state index contributed by atoms with van der Waals surface area (Å²) in [6.07, 6.45) is 0.153. The van der Waals surface area contributed by atoms with Crippen molar-refractivity contribution >= 4 is 0 Å². The summed E-state index contributed by atoms with van der Waals surface area (Å²) in [5.74, 6) is 0.235. The summed E-state index contributed by atoms with van der Waals surface area (Å²) in [6, 6.07) is 4.34. The Kier molecular flexibility index (Phi) is 5.76. The Morgan fingerprint density at radius 2 is 2.15 bits per heavy atom. The number of piperazine rings is 1. The first kappa shape index (κ1) is 15.2. The molecule has 1 aliphatic heterocycles. The molecule has 0 aliphatic carbocycles. The molecule has 0 amide bonds. The Bertz CT molecular complexity index is 422. The van der Waals surface area contributed by atoms with Crippen LogP contribution < -0.4 is 10.1 Å². The zero-order chi connectivity index (χ0) is 14.4. The molecule has 1 atom stereocenters. The number of rotatable bonds is 6. The molecule has 0 radical (unpaired) electrons. The fraction of sp³-hybridized carbons (Fsp3) is 0.600. The van der Waals surface area contributed by atoms with Gasteiger partial charge in [0.1, 0.15) is 11.6 Å². The van der Waals surface area contributed by atoms with Crippen LogP contribution in [0, 0.1) is 5.82 Å². The average molecular weight is 282 g/mol. The summed E-state index contributed by atoms with van der Waals surface area (Å²) in [4.78, 5) is 2.18. The van der Waals surface area contributed by atoms with Gasteiger partial charge in [0.05, 0.1) is 12.7 Å². The van der Waals surface area contributed by atoms with E-state index in [0.29, 0.717) is 24.5 Å². The zero-order valence-electron chi connectivity index (χ0n) is 11.9. The topological polar surface area (TPSA) is 44.7 Å². The molecule has 0 spiro atoms. The lowest BCUT2D eigenvalue weighted by Gasteiger charge is -2.29. The molecule has 1 aromatic rings. The summed E-state index contributed by atoms with van der Waals surface area (Å²) in [5, 5.41) is 13.6. The lowest BCUT2D eigenvalue weighted by molar-refractivity contribution is 0.102. The minimum Gasteiger partial charge on any atom is -0.493 e. The van der Waals surface area contributed by atoms with E-state index in [4.69, 9.17) is 4.74 Å². The van der Waals surface area contributed by atoms with Gasteiger partial charge in [-0.25, -0.2) is 4.39 Å². The quantitative estimate of drug-likeness (QED) is 0.831. The molecule has 0 bridgehead atoms. The van der Waals surface area contributed by atoms with Crippen LogP contribution in [0.2, 0.25) is 0 Å². The molecule has 1 saturated heterocycles. The van der Waals surface area contributed by atoms with Crippen molar-refractivity contribution in [2.24, 2.45) is 0 Å². The SMILES string of the molecule is CCCOc1ccc(F)cc1C(O)CN1CCNCC1. The Balaban J connectivity index is 2.06. The highest BCUT2D eigenvalue weighted by Crippen LogP contribution is 2.27. The number of aliphatic hydroxyl groups is 1. The van der Waals surface area contributed by atoms with Gasteiger partial charge in [-0.1, -0.05) is 6.92 Å². The summed E-state index contributed by atoms with van der Waals surface area (Å²) in [5.41, 5.74) is 0.539. The molecule has 0 aromatic heterocycles. The van der Waals surface area contributed by atoms with Crippen molar-refractivity contribution in [3.8, 4) is 5.75 Å². The van der Waals surface area contributed by atoms with Gasteiger partial charge in [-0.15, -0.1) is 0 Å². The normalized spacial score (nSPS) is 17.9. The Morgan fingerprint density at radius 3 is 2.85 bits per heavy atom. The number of halogens is 1. The van der Waals surface area contributed by atoms with Crippen LogP contribution in [0.4, 0.5) is 4.39 Å². The fourth-order valence-electron chi connectivity index (χ4n) is 2.36. The van der Waals surface area contributed by atoms with Gasteiger partial charge in [0.15, 0.2) is 0 Å². The van der Waals surface area contributed by atoms with E-state index in [1.54, 1.807) is 6.07 Å². The summed E-state index contributed by atoms with van der Waals surface area (Å²) < 4.78 is 19.0. The largest absolute Gasteiger partial charge is 0.493 e. The number of nitrogens with zero attached hydrogens (tertiary/aromatic N) is 1. The predicted molar refractivity (Wildman–Crippen MR) is 76.5 cm³/mol. The molecule has 4 nitrogen and oxygen atoms in total. The van der Waals surface area contributed by atoms with E-state index in [0.717, 1.165) is 32.6 Å². The molecule has 112 valence electrons. The smallest absolute Gasteiger partial charge is 0.125 e. The Labute approximate surface area is 119 Å². The molecular formula is C15H23FN2O2. The van der Waals surface area contributed by atoms with Crippen LogP contribution in [0.1, 0.15) is 25.0 Å². The second kappa shape index (κ2) is 7.57. The Hall–Kier alpha value is -1.17. The summed E-state index contributed by atoms with van der Waals surface area (Å²) in [6.45, 7) is 6.74.